The number of ether oxygens (including phenoxy) is 1. The lowest BCUT2D eigenvalue weighted by atomic mass is 10.1. The van der Waals surface area contributed by atoms with Crippen LogP contribution in [0.15, 0.2) is 4.52 Å². The molecule has 0 amide bonds. The highest BCUT2D eigenvalue weighted by molar-refractivity contribution is 5.26. The Bertz CT molecular complexity index is 419. The highest BCUT2D eigenvalue weighted by Gasteiger charge is 2.62. The first-order valence-electron chi connectivity index (χ1n) is 5.41. The van der Waals surface area contributed by atoms with Crippen LogP contribution in [-0.2, 0) is 11.3 Å². The fraction of sp³-hybridized carbons (Fsp3) is 0.727. The van der Waals surface area contributed by atoms with Crippen molar-refractivity contribution in [1.82, 2.24) is 10.1 Å². The smallest absolute Gasteiger partial charge is 0.231 e. The van der Waals surface area contributed by atoms with Crippen LogP contribution in [0.5, 0.6) is 0 Å². The van der Waals surface area contributed by atoms with Gasteiger partial charge in [0, 0.05) is 6.61 Å². The minimum absolute atomic E-state index is 0.0205. The highest BCUT2D eigenvalue weighted by Crippen LogP contribution is 2.63. The normalized spacial score (nSPS) is 26.4. The monoisotopic (exact) mass is 221 g/mol. The molecule has 2 unspecified atom stereocenters. The summed E-state index contributed by atoms with van der Waals surface area (Å²) >= 11 is 0. The lowest BCUT2D eigenvalue weighted by Gasteiger charge is -1.95. The predicted octanol–water partition coefficient (Wildman–Crippen LogP) is 1.87. The van der Waals surface area contributed by atoms with E-state index >= 15 is 0 Å². The van der Waals surface area contributed by atoms with Gasteiger partial charge in [0.15, 0.2) is 5.82 Å². The van der Waals surface area contributed by atoms with E-state index in [0.29, 0.717) is 24.9 Å². The van der Waals surface area contributed by atoms with Crippen molar-refractivity contribution in [2.75, 3.05) is 6.61 Å². The molecule has 1 fully saturated rings. The molecule has 0 saturated heterocycles. The van der Waals surface area contributed by atoms with Gasteiger partial charge in [0.1, 0.15) is 6.61 Å². The van der Waals surface area contributed by atoms with Crippen molar-refractivity contribution < 1.29 is 9.26 Å². The van der Waals surface area contributed by atoms with Crippen LogP contribution in [0.3, 0.4) is 0 Å². The molecule has 1 saturated carbocycles. The van der Waals surface area contributed by atoms with E-state index in [1.807, 2.05) is 20.8 Å². The van der Waals surface area contributed by atoms with Crippen molar-refractivity contribution in [3.63, 3.8) is 0 Å². The van der Waals surface area contributed by atoms with Crippen LogP contribution in [0.2, 0.25) is 0 Å². The summed E-state index contributed by atoms with van der Waals surface area (Å²) in [7, 11) is 0. The predicted molar refractivity (Wildman–Crippen MR) is 55.3 cm³/mol. The third-order valence-corrected chi connectivity index (χ3v) is 3.15. The number of hydrogen-bond donors (Lipinski definition) is 0. The number of hydrogen-bond acceptors (Lipinski definition) is 5. The molecule has 1 heterocycles. The van der Waals surface area contributed by atoms with Gasteiger partial charge in [0.2, 0.25) is 5.89 Å². The van der Waals surface area contributed by atoms with Crippen molar-refractivity contribution in [2.45, 2.75) is 33.3 Å². The molecule has 2 atom stereocenters. The topological polar surface area (TPSA) is 71.9 Å². The summed E-state index contributed by atoms with van der Waals surface area (Å²) in [6.07, 6.45) is 0. The summed E-state index contributed by atoms with van der Waals surface area (Å²) in [5.41, 5.74) is -0.0514. The van der Waals surface area contributed by atoms with Gasteiger partial charge < -0.3 is 9.26 Å². The molecule has 1 aliphatic carbocycles. The molecule has 0 spiro atoms. The Labute approximate surface area is 94.4 Å². The average Bonchev–Trinajstić information content (AvgIpc) is 2.63. The van der Waals surface area contributed by atoms with E-state index in [2.05, 4.69) is 16.2 Å². The van der Waals surface area contributed by atoms with Crippen LogP contribution in [-0.4, -0.2) is 16.7 Å². The van der Waals surface area contributed by atoms with Crippen molar-refractivity contribution in [1.29, 1.82) is 5.26 Å². The van der Waals surface area contributed by atoms with Gasteiger partial charge in [-0.25, -0.2) is 0 Å². The SMILES string of the molecule is CCOCc1noc(C2C(C#N)C2(C)C)n1. The molecule has 16 heavy (non-hydrogen) atoms. The van der Waals surface area contributed by atoms with Gasteiger partial charge in [-0.1, -0.05) is 19.0 Å². The molecule has 0 aliphatic heterocycles. The Morgan fingerprint density at radius 2 is 2.31 bits per heavy atom. The number of nitrogens with zero attached hydrogens (tertiary/aromatic N) is 3. The second kappa shape index (κ2) is 3.87. The van der Waals surface area contributed by atoms with Gasteiger partial charge in [-0.3, -0.25) is 0 Å². The molecular formula is C11H15N3O2. The standard InChI is InChI=1S/C11H15N3O2/c1-4-15-6-8-13-10(16-14-8)9-7(5-12)11(9,2)3/h7,9H,4,6H2,1-3H3. The van der Waals surface area contributed by atoms with Crippen LogP contribution >= 0.6 is 0 Å². The van der Waals surface area contributed by atoms with Gasteiger partial charge in [-0.2, -0.15) is 10.2 Å². The van der Waals surface area contributed by atoms with Gasteiger partial charge in [0.05, 0.1) is 17.9 Å². The van der Waals surface area contributed by atoms with E-state index in [-0.39, 0.29) is 17.3 Å². The first-order chi connectivity index (χ1) is 7.61. The fourth-order valence-electron chi connectivity index (χ4n) is 1.99. The molecule has 1 aliphatic rings. The summed E-state index contributed by atoms with van der Waals surface area (Å²) in [4.78, 5) is 4.25. The lowest BCUT2D eigenvalue weighted by Crippen LogP contribution is -1.95. The van der Waals surface area contributed by atoms with Crippen LogP contribution in [0, 0.1) is 22.7 Å². The van der Waals surface area contributed by atoms with Gasteiger partial charge in [0.25, 0.3) is 0 Å². The Balaban J connectivity index is 2.07. The quantitative estimate of drug-likeness (QED) is 0.776. The van der Waals surface area contributed by atoms with Gasteiger partial charge >= 0.3 is 0 Å². The zero-order chi connectivity index (χ0) is 11.8. The molecule has 0 radical (unpaired) electrons. The molecule has 0 bridgehead atoms. The highest BCUT2D eigenvalue weighted by atomic mass is 16.5. The molecule has 86 valence electrons. The maximum absolute atomic E-state index is 8.96. The Morgan fingerprint density at radius 1 is 1.56 bits per heavy atom. The van der Waals surface area contributed by atoms with E-state index in [1.54, 1.807) is 0 Å². The third kappa shape index (κ3) is 1.69. The molecule has 5 nitrogen and oxygen atoms in total. The summed E-state index contributed by atoms with van der Waals surface area (Å²) in [6.45, 7) is 6.98. The van der Waals surface area contributed by atoms with E-state index < -0.39 is 0 Å². The third-order valence-electron chi connectivity index (χ3n) is 3.15. The van der Waals surface area contributed by atoms with Crippen LogP contribution in [0.1, 0.15) is 38.4 Å². The van der Waals surface area contributed by atoms with Crippen molar-refractivity contribution in [3.05, 3.63) is 11.7 Å². The average molecular weight is 221 g/mol. The van der Waals surface area contributed by atoms with E-state index in [1.165, 1.54) is 0 Å². The maximum atomic E-state index is 8.96. The van der Waals surface area contributed by atoms with Gasteiger partial charge in [-0.05, 0) is 12.3 Å². The molecule has 2 rings (SSSR count). The molecule has 0 N–H and O–H groups in total. The number of aromatic nitrogens is 2. The maximum Gasteiger partial charge on any atom is 0.231 e. The van der Waals surface area contributed by atoms with Crippen molar-refractivity contribution in [2.24, 2.45) is 11.3 Å². The van der Waals surface area contributed by atoms with E-state index in [0.717, 1.165) is 0 Å². The van der Waals surface area contributed by atoms with Crippen molar-refractivity contribution in [3.8, 4) is 6.07 Å². The molecular weight excluding hydrogens is 206 g/mol. The van der Waals surface area contributed by atoms with E-state index in [9.17, 15) is 0 Å². The summed E-state index contributed by atoms with van der Waals surface area (Å²) in [5.74, 6) is 1.16. The fourth-order valence-corrected chi connectivity index (χ4v) is 1.99. The lowest BCUT2D eigenvalue weighted by molar-refractivity contribution is 0.126. The Hall–Kier alpha value is -1.41. The second-order valence-electron chi connectivity index (χ2n) is 4.59. The summed E-state index contributed by atoms with van der Waals surface area (Å²) in [5, 5.41) is 12.8. The zero-order valence-electron chi connectivity index (χ0n) is 9.73. The minimum Gasteiger partial charge on any atom is -0.374 e. The first-order valence-corrected chi connectivity index (χ1v) is 5.41. The molecule has 5 heteroatoms. The largest absolute Gasteiger partial charge is 0.374 e. The summed E-state index contributed by atoms with van der Waals surface area (Å²) in [6, 6.07) is 2.27. The van der Waals surface area contributed by atoms with E-state index in [4.69, 9.17) is 14.5 Å². The first kappa shape index (κ1) is 11.1. The number of nitriles is 1. The van der Waals surface area contributed by atoms with Gasteiger partial charge in [-0.15, -0.1) is 0 Å². The Kier molecular flexibility index (Phi) is 2.68. The zero-order valence-corrected chi connectivity index (χ0v) is 9.73. The van der Waals surface area contributed by atoms with Crippen molar-refractivity contribution >= 4 is 0 Å². The second-order valence-corrected chi connectivity index (χ2v) is 4.59. The number of rotatable bonds is 4. The summed E-state index contributed by atoms with van der Waals surface area (Å²) < 4.78 is 10.3. The molecule has 0 aromatic carbocycles. The van der Waals surface area contributed by atoms with Crippen LogP contribution < -0.4 is 0 Å². The minimum atomic E-state index is -0.0514. The molecule has 1 aromatic rings. The van der Waals surface area contributed by atoms with Crippen LogP contribution in [0.4, 0.5) is 0 Å². The Morgan fingerprint density at radius 3 is 2.88 bits per heavy atom. The molecule has 1 aromatic heterocycles. The van der Waals surface area contributed by atoms with Crippen LogP contribution in [0.25, 0.3) is 0 Å².